The van der Waals surface area contributed by atoms with Crippen LogP contribution in [0.5, 0.6) is 0 Å². The Balaban J connectivity index is 1.78. The largest absolute Gasteiger partial charge is 0.478 e. The molecule has 3 rings (SSSR count). The highest BCUT2D eigenvalue weighted by Crippen LogP contribution is 2.30. The Morgan fingerprint density at radius 2 is 1.96 bits per heavy atom. The summed E-state index contributed by atoms with van der Waals surface area (Å²) in [5.41, 5.74) is 2.16. The van der Waals surface area contributed by atoms with E-state index in [9.17, 15) is 14.0 Å². The topological polar surface area (TPSA) is 57.6 Å². The molecule has 24 heavy (non-hydrogen) atoms. The van der Waals surface area contributed by atoms with Crippen LogP contribution in [0.15, 0.2) is 42.5 Å². The summed E-state index contributed by atoms with van der Waals surface area (Å²) in [6, 6.07) is 11.5. The zero-order chi connectivity index (χ0) is 17.3. The van der Waals surface area contributed by atoms with E-state index in [2.05, 4.69) is 6.07 Å². The standard InChI is InChI=1S/C19H18FNO3/c1-12-4-2-3-5-15(12)14-8-9-21(11-14)18(22)16-7-6-13(19(23)24)10-17(16)20/h2-7,10,14H,8-9,11H2,1H3,(H,23,24). The first kappa shape index (κ1) is 16.2. The van der Waals surface area contributed by atoms with E-state index in [1.807, 2.05) is 25.1 Å². The van der Waals surface area contributed by atoms with Crippen LogP contribution in [0.4, 0.5) is 4.39 Å². The summed E-state index contributed by atoms with van der Waals surface area (Å²) in [5, 5.41) is 8.88. The van der Waals surface area contributed by atoms with Crippen molar-refractivity contribution < 1.29 is 19.1 Å². The molecular formula is C19H18FNO3. The zero-order valence-electron chi connectivity index (χ0n) is 13.3. The second kappa shape index (κ2) is 6.43. The molecule has 1 amide bonds. The molecular weight excluding hydrogens is 309 g/mol. The molecule has 0 aromatic heterocycles. The van der Waals surface area contributed by atoms with E-state index in [4.69, 9.17) is 5.11 Å². The number of benzene rings is 2. The van der Waals surface area contributed by atoms with Crippen LogP contribution in [0.3, 0.4) is 0 Å². The number of hydrogen-bond acceptors (Lipinski definition) is 2. The summed E-state index contributed by atoms with van der Waals surface area (Å²) in [4.78, 5) is 25.0. The van der Waals surface area contributed by atoms with Crippen LogP contribution in [0.2, 0.25) is 0 Å². The van der Waals surface area contributed by atoms with E-state index >= 15 is 0 Å². The second-order valence-corrected chi connectivity index (χ2v) is 6.09. The van der Waals surface area contributed by atoms with Gasteiger partial charge in [-0.1, -0.05) is 24.3 Å². The van der Waals surface area contributed by atoms with Crippen molar-refractivity contribution in [3.05, 3.63) is 70.5 Å². The van der Waals surface area contributed by atoms with Crippen molar-refractivity contribution in [3.63, 3.8) is 0 Å². The minimum atomic E-state index is -1.21. The third kappa shape index (κ3) is 3.02. The molecule has 124 valence electrons. The van der Waals surface area contributed by atoms with Crippen molar-refractivity contribution in [1.82, 2.24) is 4.90 Å². The number of halogens is 1. The summed E-state index contributed by atoms with van der Waals surface area (Å²) < 4.78 is 14.1. The van der Waals surface area contributed by atoms with Gasteiger partial charge in [0.1, 0.15) is 5.82 Å². The van der Waals surface area contributed by atoms with Crippen LogP contribution < -0.4 is 0 Å². The summed E-state index contributed by atoms with van der Waals surface area (Å²) in [6.07, 6.45) is 0.839. The molecule has 2 aromatic rings. The van der Waals surface area contributed by atoms with Crippen molar-refractivity contribution in [2.45, 2.75) is 19.3 Å². The number of carboxylic acid groups (broad SMARTS) is 1. The van der Waals surface area contributed by atoms with E-state index in [0.29, 0.717) is 13.1 Å². The number of carbonyl (C=O) groups is 2. The van der Waals surface area contributed by atoms with Gasteiger partial charge in [-0.3, -0.25) is 4.79 Å². The van der Waals surface area contributed by atoms with Gasteiger partial charge in [-0.15, -0.1) is 0 Å². The Bertz CT molecular complexity index is 803. The van der Waals surface area contributed by atoms with Gasteiger partial charge in [0.05, 0.1) is 11.1 Å². The maximum absolute atomic E-state index is 14.1. The first-order valence-corrected chi connectivity index (χ1v) is 7.85. The third-order valence-corrected chi connectivity index (χ3v) is 4.55. The maximum Gasteiger partial charge on any atom is 0.335 e. The molecule has 1 saturated heterocycles. The number of nitrogens with zero attached hydrogens (tertiary/aromatic N) is 1. The smallest absolute Gasteiger partial charge is 0.335 e. The lowest BCUT2D eigenvalue weighted by molar-refractivity contribution is 0.0694. The molecule has 5 heteroatoms. The van der Waals surface area contributed by atoms with Gasteiger partial charge in [-0.25, -0.2) is 9.18 Å². The molecule has 2 aromatic carbocycles. The molecule has 0 bridgehead atoms. The van der Waals surface area contributed by atoms with E-state index in [0.717, 1.165) is 12.5 Å². The van der Waals surface area contributed by atoms with Gasteiger partial charge < -0.3 is 10.0 Å². The Labute approximate surface area is 139 Å². The quantitative estimate of drug-likeness (QED) is 0.939. The van der Waals surface area contributed by atoms with Gasteiger partial charge in [0, 0.05) is 19.0 Å². The van der Waals surface area contributed by atoms with Gasteiger partial charge in [-0.2, -0.15) is 0 Å². The molecule has 1 aliphatic rings. The van der Waals surface area contributed by atoms with Crippen LogP contribution in [-0.4, -0.2) is 35.0 Å². The van der Waals surface area contributed by atoms with Gasteiger partial charge in [-0.05, 0) is 42.7 Å². The predicted octanol–water partition coefficient (Wildman–Crippen LogP) is 3.46. The number of likely N-dealkylation sites (tertiary alicyclic amines) is 1. The summed E-state index contributed by atoms with van der Waals surface area (Å²) in [6.45, 7) is 3.16. The number of aromatic carboxylic acids is 1. The van der Waals surface area contributed by atoms with E-state index in [1.165, 1.54) is 23.3 Å². The van der Waals surface area contributed by atoms with Crippen molar-refractivity contribution >= 4 is 11.9 Å². The van der Waals surface area contributed by atoms with Crippen LogP contribution in [0.1, 0.15) is 44.2 Å². The second-order valence-electron chi connectivity index (χ2n) is 6.09. The van der Waals surface area contributed by atoms with Crippen molar-refractivity contribution in [2.75, 3.05) is 13.1 Å². The Kier molecular flexibility index (Phi) is 4.34. The van der Waals surface area contributed by atoms with Gasteiger partial charge in [0.15, 0.2) is 0 Å². The zero-order valence-corrected chi connectivity index (χ0v) is 13.3. The van der Waals surface area contributed by atoms with Crippen LogP contribution >= 0.6 is 0 Å². The van der Waals surface area contributed by atoms with E-state index in [-0.39, 0.29) is 23.0 Å². The predicted molar refractivity (Wildman–Crippen MR) is 87.8 cm³/mol. The Morgan fingerprint density at radius 1 is 1.21 bits per heavy atom. The molecule has 4 nitrogen and oxygen atoms in total. The average molecular weight is 327 g/mol. The molecule has 1 atom stereocenters. The molecule has 0 spiro atoms. The number of hydrogen-bond donors (Lipinski definition) is 1. The molecule has 0 saturated carbocycles. The van der Waals surface area contributed by atoms with Crippen LogP contribution in [0.25, 0.3) is 0 Å². The summed E-state index contributed by atoms with van der Waals surface area (Å²) in [7, 11) is 0. The molecule has 1 fully saturated rings. The lowest BCUT2D eigenvalue weighted by Gasteiger charge is -2.18. The summed E-state index contributed by atoms with van der Waals surface area (Å²) in [5.74, 6) is -2.15. The Morgan fingerprint density at radius 3 is 2.62 bits per heavy atom. The molecule has 1 N–H and O–H groups in total. The van der Waals surface area contributed by atoms with Crippen molar-refractivity contribution in [1.29, 1.82) is 0 Å². The highest BCUT2D eigenvalue weighted by Gasteiger charge is 2.30. The lowest BCUT2D eigenvalue weighted by atomic mass is 9.94. The number of aryl methyl sites for hydroxylation is 1. The Hall–Kier alpha value is -2.69. The van der Waals surface area contributed by atoms with Crippen molar-refractivity contribution in [3.8, 4) is 0 Å². The molecule has 0 aliphatic carbocycles. The molecule has 1 heterocycles. The average Bonchev–Trinajstić information content (AvgIpc) is 3.04. The van der Waals surface area contributed by atoms with E-state index in [1.54, 1.807) is 4.90 Å². The molecule has 1 aliphatic heterocycles. The van der Waals surface area contributed by atoms with E-state index < -0.39 is 11.8 Å². The van der Waals surface area contributed by atoms with Gasteiger partial charge in [0.2, 0.25) is 0 Å². The molecule has 1 unspecified atom stereocenters. The van der Waals surface area contributed by atoms with Crippen molar-refractivity contribution in [2.24, 2.45) is 0 Å². The lowest BCUT2D eigenvalue weighted by Crippen LogP contribution is -2.29. The van der Waals surface area contributed by atoms with Crippen LogP contribution in [-0.2, 0) is 0 Å². The summed E-state index contributed by atoms with van der Waals surface area (Å²) >= 11 is 0. The fourth-order valence-corrected chi connectivity index (χ4v) is 3.24. The number of carbonyl (C=O) groups excluding carboxylic acids is 1. The number of carboxylic acids is 1. The number of amides is 1. The monoisotopic (exact) mass is 327 g/mol. The molecule has 0 radical (unpaired) electrons. The van der Waals surface area contributed by atoms with Gasteiger partial charge in [0.25, 0.3) is 5.91 Å². The van der Waals surface area contributed by atoms with Crippen LogP contribution in [0, 0.1) is 12.7 Å². The normalized spacial score (nSPS) is 17.1. The first-order valence-electron chi connectivity index (χ1n) is 7.85. The fourth-order valence-electron chi connectivity index (χ4n) is 3.24. The highest BCUT2D eigenvalue weighted by atomic mass is 19.1. The number of rotatable bonds is 3. The third-order valence-electron chi connectivity index (χ3n) is 4.55. The minimum absolute atomic E-state index is 0.0783. The SMILES string of the molecule is Cc1ccccc1C1CCN(C(=O)c2ccc(C(=O)O)cc2F)C1. The fraction of sp³-hybridized carbons (Fsp3) is 0.263. The van der Waals surface area contributed by atoms with Gasteiger partial charge >= 0.3 is 5.97 Å². The maximum atomic E-state index is 14.1. The first-order chi connectivity index (χ1) is 11.5. The highest BCUT2D eigenvalue weighted by molar-refractivity contribution is 5.96. The minimum Gasteiger partial charge on any atom is -0.478 e.